The molecule has 0 spiro atoms. The van der Waals surface area contributed by atoms with E-state index in [1.165, 1.54) is 0 Å². The molecule has 0 aromatic heterocycles. The van der Waals surface area contributed by atoms with Crippen LogP contribution in [0.4, 0.5) is 0 Å². The first-order chi connectivity index (χ1) is 7.29. The van der Waals surface area contributed by atoms with Gasteiger partial charge in [-0.2, -0.15) is 8.42 Å². The van der Waals surface area contributed by atoms with Crippen LogP contribution in [0, 0.1) is 0 Å². The highest BCUT2D eigenvalue weighted by atomic mass is 32.2. The molecule has 0 unspecified atom stereocenters. The van der Waals surface area contributed by atoms with E-state index in [9.17, 15) is 22.8 Å². The van der Waals surface area contributed by atoms with Gasteiger partial charge in [-0.15, -0.1) is 5.06 Å². The lowest BCUT2D eigenvalue weighted by molar-refractivity contribution is -0.197. The van der Waals surface area contributed by atoms with Gasteiger partial charge in [0.15, 0.2) is 0 Å². The summed E-state index contributed by atoms with van der Waals surface area (Å²) in [5.74, 6) is -3.18. The van der Waals surface area contributed by atoms with E-state index in [4.69, 9.17) is 4.55 Å². The highest BCUT2D eigenvalue weighted by Gasteiger charge is 2.32. The summed E-state index contributed by atoms with van der Waals surface area (Å²) in [7, 11) is -4.27. The fourth-order valence-electron chi connectivity index (χ4n) is 1.02. The Morgan fingerprint density at radius 1 is 1.31 bits per heavy atom. The number of nitrogens with zero attached hydrogens (tertiary/aromatic N) is 1. The first-order valence-corrected chi connectivity index (χ1v) is 5.92. The summed E-state index contributed by atoms with van der Waals surface area (Å²) in [6.07, 6.45) is -0.704. The number of carbonyl (C=O) groups is 3. The molecule has 0 atom stereocenters. The lowest BCUT2D eigenvalue weighted by Crippen LogP contribution is -2.32. The van der Waals surface area contributed by atoms with Gasteiger partial charge < -0.3 is 4.84 Å². The predicted octanol–water partition coefficient (Wildman–Crippen LogP) is -1.13. The molecule has 1 fully saturated rings. The van der Waals surface area contributed by atoms with Crippen molar-refractivity contribution in [3.63, 3.8) is 0 Å². The van der Waals surface area contributed by atoms with Crippen molar-refractivity contribution in [3.8, 4) is 0 Å². The van der Waals surface area contributed by atoms with Gasteiger partial charge in [0.1, 0.15) is 0 Å². The second-order valence-corrected chi connectivity index (χ2v) is 4.65. The number of rotatable bonds is 4. The molecule has 90 valence electrons. The van der Waals surface area contributed by atoms with Crippen LogP contribution in [-0.2, 0) is 29.3 Å². The Balaban J connectivity index is 2.46. The molecule has 1 aliphatic rings. The van der Waals surface area contributed by atoms with Gasteiger partial charge in [0.05, 0.1) is 12.2 Å². The van der Waals surface area contributed by atoms with Crippen molar-refractivity contribution >= 4 is 27.9 Å². The average molecular weight is 251 g/mol. The van der Waals surface area contributed by atoms with Gasteiger partial charge in [-0.25, -0.2) is 4.79 Å². The molecule has 0 aromatic rings. The van der Waals surface area contributed by atoms with Crippen molar-refractivity contribution in [1.82, 2.24) is 5.06 Å². The SMILES string of the molecule is O=C(CCS(=O)(=O)O)ON1C(=O)CCC1=O. The molecule has 8 nitrogen and oxygen atoms in total. The summed E-state index contributed by atoms with van der Waals surface area (Å²) < 4.78 is 29.0. The zero-order valence-electron chi connectivity index (χ0n) is 8.08. The predicted molar refractivity (Wildman–Crippen MR) is 48.2 cm³/mol. The van der Waals surface area contributed by atoms with Gasteiger partial charge in [-0.3, -0.25) is 14.1 Å². The summed E-state index contributed by atoms with van der Waals surface area (Å²) in [5, 5.41) is 0.312. The van der Waals surface area contributed by atoms with E-state index < -0.39 is 40.1 Å². The highest BCUT2D eigenvalue weighted by molar-refractivity contribution is 7.85. The van der Waals surface area contributed by atoms with Crippen LogP contribution in [0.3, 0.4) is 0 Å². The third-order valence-corrected chi connectivity index (χ3v) is 2.48. The monoisotopic (exact) mass is 251 g/mol. The lowest BCUT2D eigenvalue weighted by Gasteiger charge is -2.11. The summed E-state index contributed by atoms with van der Waals surface area (Å²) >= 11 is 0. The molecule has 1 heterocycles. The molecule has 2 amide bonds. The summed E-state index contributed by atoms with van der Waals surface area (Å²) in [4.78, 5) is 37.3. The molecule has 1 N–H and O–H groups in total. The van der Waals surface area contributed by atoms with Crippen LogP contribution in [0.15, 0.2) is 0 Å². The van der Waals surface area contributed by atoms with Crippen molar-refractivity contribution < 1.29 is 32.2 Å². The van der Waals surface area contributed by atoms with Crippen LogP contribution in [0.25, 0.3) is 0 Å². The fourth-order valence-corrected chi connectivity index (χ4v) is 1.44. The van der Waals surface area contributed by atoms with Crippen LogP contribution >= 0.6 is 0 Å². The minimum Gasteiger partial charge on any atom is -0.330 e. The molecule has 1 aliphatic heterocycles. The van der Waals surface area contributed by atoms with E-state index in [-0.39, 0.29) is 12.8 Å². The topological polar surface area (TPSA) is 118 Å². The number of hydrogen-bond donors (Lipinski definition) is 1. The number of carbonyl (C=O) groups excluding carboxylic acids is 3. The number of imide groups is 1. The number of amides is 2. The molecule has 0 aliphatic carbocycles. The quantitative estimate of drug-likeness (QED) is 0.496. The Morgan fingerprint density at radius 2 is 1.81 bits per heavy atom. The summed E-state index contributed by atoms with van der Waals surface area (Å²) in [5.41, 5.74) is 0. The van der Waals surface area contributed by atoms with Gasteiger partial charge in [0.2, 0.25) is 0 Å². The van der Waals surface area contributed by atoms with Gasteiger partial charge >= 0.3 is 5.97 Å². The molecule has 9 heteroatoms. The zero-order chi connectivity index (χ0) is 12.3. The van der Waals surface area contributed by atoms with Crippen molar-refractivity contribution in [2.24, 2.45) is 0 Å². The highest BCUT2D eigenvalue weighted by Crippen LogP contribution is 2.12. The Kier molecular flexibility index (Phi) is 3.60. The van der Waals surface area contributed by atoms with Crippen LogP contribution in [-0.4, -0.2) is 41.6 Å². The van der Waals surface area contributed by atoms with E-state index in [1.54, 1.807) is 0 Å². The van der Waals surface area contributed by atoms with Crippen LogP contribution in [0.2, 0.25) is 0 Å². The third kappa shape index (κ3) is 3.59. The van der Waals surface area contributed by atoms with E-state index in [2.05, 4.69) is 4.84 Å². The zero-order valence-corrected chi connectivity index (χ0v) is 8.90. The van der Waals surface area contributed by atoms with Gasteiger partial charge in [0, 0.05) is 12.8 Å². The molecular formula is C7H9NO7S. The minimum atomic E-state index is -4.27. The number of hydroxylamine groups is 2. The summed E-state index contributed by atoms with van der Waals surface area (Å²) in [6, 6.07) is 0. The van der Waals surface area contributed by atoms with Gasteiger partial charge in [0.25, 0.3) is 21.9 Å². The Hall–Kier alpha value is -1.48. The first-order valence-electron chi connectivity index (χ1n) is 4.31. The molecule has 16 heavy (non-hydrogen) atoms. The lowest BCUT2D eigenvalue weighted by atomic mass is 10.4. The van der Waals surface area contributed by atoms with Crippen LogP contribution < -0.4 is 0 Å². The van der Waals surface area contributed by atoms with Crippen molar-refractivity contribution in [2.75, 3.05) is 5.75 Å². The Morgan fingerprint density at radius 3 is 2.25 bits per heavy atom. The molecular weight excluding hydrogens is 242 g/mol. The van der Waals surface area contributed by atoms with E-state index >= 15 is 0 Å². The van der Waals surface area contributed by atoms with E-state index in [0.29, 0.717) is 5.06 Å². The normalized spacial score (nSPS) is 16.7. The maximum absolute atomic E-state index is 11.0. The molecule has 0 saturated carbocycles. The minimum absolute atomic E-state index is 0.0373. The largest absolute Gasteiger partial charge is 0.334 e. The van der Waals surface area contributed by atoms with E-state index in [1.807, 2.05) is 0 Å². The average Bonchev–Trinajstić information content (AvgIpc) is 2.45. The second-order valence-electron chi connectivity index (χ2n) is 3.08. The van der Waals surface area contributed by atoms with Crippen LogP contribution in [0.1, 0.15) is 19.3 Å². The van der Waals surface area contributed by atoms with Crippen LogP contribution in [0.5, 0.6) is 0 Å². The van der Waals surface area contributed by atoms with E-state index in [0.717, 1.165) is 0 Å². The molecule has 0 aromatic carbocycles. The Labute approximate surface area is 90.9 Å². The standard InChI is InChI=1S/C7H9NO7S/c9-5-1-2-6(10)8(5)15-7(11)3-4-16(12,13)14/h1-4H2,(H,12,13,14). The molecule has 1 saturated heterocycles. The maximum Gasteiger partial charge on any atom is 0.334 e. The summed E-state index contributed by atoms with van der Waals surface area (Å²) in [6.45, 7) is 0. The number of hydrogen-bond acceptors (Lipinski definition) is 6. The molecule has 0 bridgehead atoms. The molecule has 1 rings (SSSR count). The Bertz CT molecular complexity index is 410. The fraction of sp³-hybridized carbons (Fsp3) is 0.571. The first kappa shape index (κ1) is 12.6. The third-order valence-electron chi connectivity index (χ3n) is 1.76. The van der Waals surface area contributed by atoms with Gasteiger partial charge in [-0.05, 0) is 0 Å². The smallest absolute Gasteiger partial charge is 0.330 e. The van der Waals surface area contributed by atoms with Crippen molar-refractivity contribution in [3.05, 3.63) is 0 Å². The van der Waals surface area contributed by atoms with Crippen molar-refractivity contribution in [1.29, 1.82) is 0 Å². The van der Waals surface area contributed by atoms with Crippen molar-refractivity contribution in [2.45, 2.75) is 19.3 Å². The maximum atomic E-state index is 11.0. The molecule has 0 radical (unpaired) electrons. The second kappa shape index (κ2) is 4.58. The van der Waals surface area contributed by atoms with Gasteiger partial charge in [-0.1, -0.05) is 0 Å².